The third-order valence-electron chi connectivity index (χ3n) is 9.71. The molecule has 2 aliphatic carbocycles. The van der Waals surface area contributed by atoms with E-state index in [1.165, 1.54) is 26.3 Å². The Balaban J connectivity index is 1.87. The molecule has 0 bridgehead atoms. The van der Waals surface area contributed by atoms with E-state index in [-0.39, 0.29) is 23.8 Å². The quantitative estimate of drug-likeness (QED) is 0.123. The smallest absolute Gasteiger partial charge is 0.322 e. The van der Waals surface area contributed by atoms with Crippen LogP contribution in [0.3, 0.4) is 0 Å². The SMILES string of the molecule is CC(=O)C(C=N[C@@H](c1c(C)cc(C)cc1C)[C@@H](N=CC(C(C)=O)C(=O)OC1CCCC1)c1c(C)cc(C)cc1C)C(=O)OC1CCCC1. The molecule has 0 heterocycles. The van der Waals surface area contributed by atoms with Crippen molar-refractivity contribution in [2.75, 3.05) is 0 Å². The lowest BCUT2D eigenvalue weighted by molar-refractivity contribution is -0.154. The summed E-state index contributed by atoms with van der Waals surface area (Å²) in [6, 6.07) is 6.93. The van der Waals surface area contributed by atoms with Crippen molar-refractivity contribution < 1.29 is 28.7 Å². The van der Waals surface area contributed by atoms with Crippen molar-refractivity contribution >= 4 is 35.9 Å². The average Bonchev–Trinajstić information content (AvgIpc) is 3.69. The predicted octanol–water partition coefficient (Wildman–Crippen LogP) is 7.84. The Kier molecular flexibility index (Phi) is 12.6. The van der Waals surface area contributed by atoms with Gasteiger partial charge >= 0.3 is 11.9 Å². The number of aliphatic imine (C=N–C) groups is 2. The molecule has 0 N–H and O–H groups in total. The van der Waals surface area contributed by atoms with Gasteiger partial charge in [-0.15, -0.1) is 0 Å². The van der Waals surface area contributed by atoms with Gasteiger partial charge in [0.2, 0.25) is 0 Å². The molecular formula is C40H52N2O6. The fourth-order valence-electron chi connectivity index (χ4n) is 7.45. The standard InChI is InChI=1S/C40H52N2O6/c1-23-17-25(3)35(26(4)18-23)37(41-21-33(29(7)43)39(45)47-31-13-9-10-14-31)38(36-27(5)19-24(2)20-28(36)6)42-22-34(30(8)44)40(46)48-32-15-11-12-16-32/h17-22,31-34,37-38H,9-16H2,1-8H3/t33?,34?,37-,38-/m0/s1. The minimum atomic E-state index is -1.17. The number of nitrogens with zero attached hydrogens (tertiary/aromatic N) is 2. The van der Waals surface area contributed by atoms with Crippen molar-refractivity contribution in [2.45, 2.75) is 131 Å². The molecule has 2 aliphatic rings. The highest BCUT2D eigenvalue weighted by Crippen LogP contribution is 2.42. The molecule has 4 atom stereocenters. The second-order valence-corrected chi connectivity index (χ2v) is 14.0. The highest BCUT2D eigenvalue weighted by atomic mass is 16.5. The Morgan fingerprint density at radius 1 is 0.583 bits per heavy atom. The minimum absolute atomic E-state index is 0.187. The first-order valence-corrected chi connectivity index (χ1v) is 17.4. The largest absolute Gasteiger partial charge is 0.462 e. The molecule has 2 fully saturated rings. The third kappa shape index (κ3) is 9.14. The number of ketones is 2. The van der Waals surface area contributed by atoms with Crippen molar-refractivity contribution in [1.82, 2.24) is 0 Å². The van der Waals surface area contributed by atoms with E-state index in [0.717, 1.165) is 95.9 Å². The molecule has 2 aromatic carbocycles. The zero-order valence-corrected chi connectivity index (χ0v) is 29.9. The number of Topliss-reactive ketones (excluding diaryl/α,β-unsaturated/α-hetero) is 2. The second kappa shape index (κ2) is 16.4. The number of benzene rings is 2. The molecule has 2 aromatic rings. The maximum Gasteiger partial charge on any atom is 0.322 e. The number of esters is 2. The average molecular weight is 657 g/mol. The minimum Gasteiger partial charge on any atom is -0.462 e. The van der Waals surface area contributed by atoms with Crippen LogP contribution in [0, 0.1) is 53.4 Å². The molecule has 258 valence electrons. The lowest BCUT2D eigenvalue weighted by Gasteiger charge is -2.28. The normalized spacial score (nSPS) is 18.2. The number of rotatable bonds is 13. The summed E-state index contributed by atoms with van der Waals surface area (Å²) >= 11 is 0. The molecule has 0 aliphatic heterocycles. The van der Waals surface area contributed by atoms with E-state index in [9.17, 15) is 19.2 Å². The van der Waals surface area contributed by atoms with E-state index in [1.807, 2.05) is 41.5 Å². The van der Waals surface area contributed by atoms with E-state index in [0.29, 0.717) is 0 Å². The van der Waals surface area contributed by atoms with E-state index in [2.05, 4.69) is 24.3 Å². The van der Waals surface area contributed by atoms with Crippen molar-refractivity contribution in [3.05, 3.63) is 68.8 Å². The third-order valence-corrected chi connectivity index (χ3v) is 9.71. The zero-order chi connectivity index (χ0) is 35.1. The molecule has 8 nitrogen and oxygen atoms in total. The van der Waals surface area contributed by atoms with E-state index in [1.54, 1.807) is 0 Å². The lowest BCUT2D eigenvalue weighted by Crippen LogP contribution is -2.30. The molecule has 2 unspecified atom stereocenters. The summed E-state index contributed by atoms with van der Waals surface area (Å²) in [5.41, 5.74) is 7.90. The number of carbonyl (C=O) groups excluding carboxylic acids is 4. The van der Waals surface area contributed by atoms with Crippen LogP contribution in [0.25, 0.3) is 0 Å². The van der Waals surface area contributed by atoms with Crippen LogP contribution in [0.5, 0.6) is 0 Å². The van der Waals surface area contributed by atoms with Crippen LogP contribution in [0.4, 0.5) is 0 Å². The Morgan fingerprint density at radius 3 is 1.15 bits per heavy atom. The first-order valence-electron chi connectivity index (χ1n) is 17.4. The van der Waals surface area contributed by atoms with Crippen molar-refractivity contribution in [1.29, 1.82) is 0 Å². The number of ether oxygens (including phenoxy) is 2. The number of aryl methyl sites for hydroxylation is 6. The van der Waals surface area contributed by atoms with Crippen molar-refractivity contribution in [3.63, 3.8) is 0 Å². The predicted molar refractivity (Wildman–Crippen MR) is 189 cm³/mol. The summed E-state index contributed by atoms with van der Waals surface area (Å²) in [4.78, 5) is 62.4. The molecule has 0 amide bonds. The monoisotopic (exact) mass is 656 g/mol. The molecular weight excluding hydrogens is 604 g/mol. The first kappa shape index (κ1) is 36.9. The first-order chi connectivity index (χ1) is 22.8. The van der Waals surface area contributed by atoms with Gasteiger partial charge in [-0.25, -0.2) is 0 Å². The van der Waals surface area contributed by atoms with Gasteiger partial charge in [-0.2, -0.15) is 0 Å². The number of hydrogen-bond donors (Lipinski definition) is 0. The molecule has 4 rings (SSSR count). The summed E-state index contributed by atoms with van der Waals surface area (Å²) in [6.45, 7) is 14.9. The van der Waals surface area contributed by atoms with Crippen molar-refractivity contribution in [2.24, 2.45) is 21.8 Å². The van der Waals surface area contributed by atoms with Gasteiger partial charge in [0.25, 0.3) is 0 Å². The van der Waals surface area contributed by atoms with Crippen LogP contribution in [-0.2, 0) is 28.7 Å². The molecule has 0 radical (unpaired) electrons. The maximum absolute atomic E-state index is 13.3. The number of hydrogen-bond acceptors (Lipinski definition) is 8. The second-order valence-electron chi connectivity index (χ2n) is 14.0. The highest BCUT2D eigenvalue weighted by molar-refractivity contribution is 6.12. The Labute approximate surface area is 285 Å². The van der Waals surface area contributed by atoms with Gasteiger partial charge in [0, 0.05) is 12.4 Å². The van der Waals surface area contributed by atoms with Gasteiger partial charge in [0.15, 0.2) is 0 Å². The molecule has 0 spiro atoms. The van der Waals surface area contributed by atoms with Crippen molar-refractivity contribution in [3.8, 4) is 0 Å². The fourth-order valence-corrected chi connectivity index (χ4v) is 7.45. The summed E-state index contributed by atoms with van der Waals surface area (Å²) < 4.78 is 11.5. The molecule has 0 aromatic heterocycles. The van der Waals surface area contributed by atoms with Gasteiger partial charge in [0.05, 0.1) is 0 Å². The fraction of sp³-hybridized carbons (Fsp3) is 0.550. The maximum atomic E-state index is 13.3. The Hall–Kier alpha value is -3.94. The molecule has 2 saturated carbocycles. The van der Waals surface area contributed by atoms with E-state index in [4.69, 9.17) is 19.5 Å². The summed E-state index contributed by atoms with van der Waals surface area (Å²) in [7, 11) is 0. The van der Waals surface area contributed by atoms with Gasteiger partial charge < -0.3 is 9.47 Å². The zero-order valence-electron chi connectivity index (χ0n) is 29.9. The summed E-state index contributed by atoms with van der Waals surface area (Å²) in [6.07, 6.45) is 9.61. The van der Waals surface area contributed by atoms with Crippen LogP contribution in [-0.4, -0.2) is 48.1 Å². The van der Waals surface area contributed by atoms with Crippen LogP contribution < -0.4 is 0 Å². The molecule has 48 heavy (non-hydrogen) atoms. The van der Waals surface area contributed by atoms with Crippen LogP contribution >= 0.6 is 0 Å². The summed E-state index contributed by atoms with van der Waals surface area (Å²) in [5, 5.41) is 0. The van der Waals surface area contributed by atoms with Crippen LogP contribution in [0.15, 0.2) is 34.3 Å². The van der Waals surface area contributed by atoms with Gasteiger partial charge in [-0.3, -0.25) is 29.2 Å². The Morgan fingerprint density at radius 2 is 0.875 bits per heavy atom. The van der Waals surface area contributed by atoms with E-state index < -0.39 is 35.9 Å². The van der Waals surface area contributed by atoms with Crippen LogP contribution in [0.1, 0.15) is 122 Å². The molecule has 0 saturated heterocycles. The lowest BCUT2D eigenvalue weighted by atomic mass is 9.84. The number of carbonyl (C=O) groups is 4. The topological polar surface area (TPSA) is 111 Å². The van der Waals surface area contributed by atoms with E-state index >= 15 is 0 Å². The Bertz CT molecular complexity index is 1410. The van der Waals surface area contributed by atoms with Gasteiger partial charge in [0.1, 0.15) is 47.7 Å². The van der Waals surface area contributed by atoms with Gasteiger partial charge in [-0.05, 0) is 140 Å². The van der Waals surface area contributed by atoms with Crippen LogP contribution in [0.2, 0.25) is 0 Å². The van der Waals surface area contributed by atoms with Gasteiger partial charge in [-0.1, -0.05) is 35.4 Å². The summed E-state index contributed by atoms with van der Waals surface area (Å²) in [5.74, 6) is -4.24. The molecule has 8 heteroatoms. The highest BCUT2D eigenvalue weighted by Gasteiger charge is 2.34.